The fourth-order valence-corrected chi connectivity index (χ4v) is 6.69. The van der Waals surface area contributed by atoms with E-state index in [4.69, 9.17) is 0 Å². The van der Waals surface area contributed by atoms with Crippen LogP contribution in [0.25, 0.3) is 0 Å². The molecule has 1 N–H and O–H groups in total. The smallest absolute Gasteiger partial charge is 0.244 e. The highest BCUT2D eigenvalue weighted by Crippen LogP contribution is 2.24. The maximum atomic E-state index is 14.3. The van der Waals surface area contributed by atoms with Gasteiger partial charge < -0.3 is 10.2 Å². The van der Waals surface area contributed by atoms with E-state index < -0.39 is 28.5 Å². The highest BCUT2D eigenvalue weighted by atomic mass is 79.9. The first-order chi connectivity index (χ1) is 20.0. The van der Waals surface area contributed by atoms with Gasteiger partial charge in [0, 0.05) is 23.5 Å². The van der Waals surface area contributed by atoms with Crippen LogP contribution in [0.1, 0.15) is 54.4 Å². The standard InChI is InChI=1S/C33H40BrN3O4S/c1-24-18-25(2)20-30(19-24)37(42(3,40)41)23-32(38)36(22-27-14-16-28(34)17-15-27)31(21-26-10-6-4-7-11-26)33(39)35-29-12-8-5-9-13-29/h4,6-7,10-11,14-20,29,31H,5,8-9,12-13,21-23H2,1-3H3,(H,35,39)/t31-/m1/s1. The van der Waals surface area contributed by atoms with Crippen LogP contribution in [0, 0.1) is 13.8 Å². The van der Waals surface area contributed by atoms with E-state index in [1.807, 2.05) is 74.5 Å². The molecule has 0 aromatic heterocycles. The Morgan fingerprint density at radius 1 is 0.905 bits per heavy atom. The molecule has 3 aromatic carbocycles. The number of amides is 2. The first-order valence-electron chi connectivity index (χ1n) is 14.4. The summed E-state index contributed by atoms with van der Waals surface area (Å²) in [6, 6.07) is 21.9. The number of hydrogen-bond donors (Lipinski definition) is 1. The van der Waals surface area contributed by atoms with E-state index in [2.05, 4.69) is 21.2 Å². The van der Waals surface area contributed by atoms with Gasteiger partial charge in [0.2, 0.25) is 21.8 Å². The van der Waals surface area contributed by atoms with Gasteiger partial charge in [-0.25, -0.2) is 8.42 Å². The third-order valence-corrected chi connectivity index (χ3v) is 9.33. The van der Waals surface area contributed by atoms with Crippen molar-refractivity contribution in [2.24, 2.45) is 0 Å². The second-order valence-corrected chi connectivity index (χ2v) is 14.1. The van der Waals surface area contributed by atoms with Crippen LogP contribution in [0.3, 0.4) is 0 Å². The predicted molar refractivity (Wildman–Crippen MR) is 172 cm³/mol. The largest absolute Gasteiger partial charge is 0.352 e. The molecule has 1 atom stereocenters. The van der Waals surface area contributed by atoms with Crippen molar-refractivity contribution in [3.63, 3.8) is 0 Å². The fourth-order valence-electron chi connectivity index (χ4n) is 5.59. The summed E-state index contributed by atoms with van der Waals surface area (Å²) >= 11 is 3.47. The van der Waals surface area contributed by atoms with Crippen LogP contribution >= 0.6 is 15.9 Å². The number of nitrogens with one attached hydrogen (secondary N) is 1. The lowest BCUT2D eigenvalue weighted by Crippen LogP contribution is -2.55. The number of sulfonamides is 1. The van der Waals surface area contributed by atoms with Gasteiger partial charge in [0.05, 0.1) is 11.9 Å². The molecule has 1 aliphatic rings. The van der Waals surface area contributed by atoms with E-state index in [0.717, 1.165) is 69.4 Å². The van der Waals surface area contributed by atoms with Crippen molar-refractivity contribution in [2.45, 2.75) is 71.0 Å². The molecule has 1 fully saturated rings. The second kappa shape index (κ2) is 14.3. The summed E-state index contributed by atoms with van der Waals surface area (Å²) in [4.78, 5) is 29.8. The van der Waals surface area contributed by atoms with E-state index in [0.29, 0.717) is 12.1 Å². The molecule has 9 heteroatoms. The number of anilines is 1. The van der Waals surface area contributed by atoms with E-state index in [1.54, 1.807) is 17.0 Å². The zero-order chi connectivity index (χ0) is 30.3. The summed E-state index contributed by atoms with van der Waals surface area (Å²) in [5.41, 5.74) is 3.98. The minimum atomic E-state index is -3.81. The molecular weight excluding hydrogens is 614 g/mol. The first-order valence-corrected chi connectivity index (χ1v) is 17.1. The molecule has 0 aliphatic heterocycles. The van der Waals surface area contributed by atoms with Gasteiger partial charge in [-0.1, -0.05) is 83.7 Å². The van der Waals surface area contributed by atoms with E-state index in [9.17, 15) is 18.0 Å². The lowest BCUT2D eigenvalue weighted by atomic mass is 9.94. The van der Waals surface area contributed by atoms with Crippen molar-refractivity contribution in [3.8, 4) is 0 Å². The molecule has 2 amide bonds. The maximum Gasteiger partial charge on any atom is 0.244 e. The number of benzene rings is 3. The molecule has 0 saturated heterocycles. The van der Waals surface area contributed by atoms with Gasteiger partial charge in [0.25, 0.3) is 0 Å². The zero-order valence-electron chi connectivity index (χ0n) is 24.6. The Morgan fingerprint density at radius 3 is 2.12 bits per heavy atom. The maximum absolute atomic E-state index is 14.3. The summed E-state index contributed by atoms with van der Waals surface area (Å²) in [6.07, 6.45) is 6.54. The van der Waals surface area contributed by atoms with Gasteiger partial charge >= 0.3 is 0 Å². The van der Waals surface area contributed by atoms with Crippen LogP contribution in [0.15, 0.2) is 77.3 Å². The first kappa shape index (κ1) is 31.8. The molecule has 0 unspecified atom stereocenters. The van der Waals surface area contributed by atoms with E-state index in [-0.39, 0.29) is 18.5 Å². The van der Waals surface area contributed by atoms with Crippen LogP contribution in [0.2, 0.25) is 0 Å². The number of halogens is 1. The molecule has 224 valence electrons. The molecule has 42 heavy (non-hydrogen) atoms. The minimum absolute atomic E-state index is 0.0666. The monoisotopic (exact) mass is 653 g/mol. The molecule has 0 bridgehead atoms. The topological polar surface area (TPSA) is 86.8 Å². The van der Waals surface area contributed by atoms with E-state index >= 15 is 0 Å². The van der Waals surface area contributed by atoms with Crippen molar-refractivity contribution in [1.29, 1.82) is 0 Å². The van der Waals surface area contributed by atoms with Crippen LogP contribution in [0.4, 0.5) is 5.69 Å². The number of hydrogen-bond acceptors (Lipinski definition) is 4. The SMILES string of the molecule is Cc1cc(C)cc(N(CC(=O)N(Cc2ccc(Br)cc2)[C@H](Cc2ccccc2)C(=O)NC2CCCCC2)S(C)(=O)=O)c1. The average molecular weight is 655 g/mol. The molecule has 1 aliphatic carbocycles. The summed E-state index contributed by atoms with van der Waals surface area (Å²) in [6.45, 7) is 3.53. The van der Waals surface area contributed by atoms with Crippen molar-refractivity contribution >= 4 is 43.5 Å². The van der Waals surface area contributed by atoms with Gasteiger partial charge in [-0.05, 0) is 73.2 Å². The molecule has 0 spiro atoms. The molecule has 0 heterocycles. The molecule has 7 nitrogen and oxygen atoms in total. The van der Waals surface area contributed by atoms with E-state index in [1.165, 1.54) is 0 Å². The third-order valence-electron chi connectivity index (χ3n) is 7.66. The van der Waals surface area contributed by atoms with Crippen LogP contribution < -0.4 is 9.62 Å². The Balaban J connectivity index is 1.73. The highest BCUT2D eigenvalue weighted by Gasteiger charge is 2.34. The van der Waals surface area contributed by atoms with Crippen LogP contribution in [-0.4, -0.2) is 50.0 Å². The number of carbonyl (C=O) groups is 2. The quantitative estimate of drug-likeness (QED) is 0.278. The van der Waals surface area contributed by atoms with Crippen molar-refractivity contribution < 1.29 is 18.0 Å². The Bertz CT molecular complexity index is 1450. The molecule has 1 saturated carbocycles. The van der Waals surface area contributed by atoms with Crippen molar-refractivity contribution in [3.05, 3.63) is 99.5 Å². The Kier molecular flexibility index (Phi) is 10.8. The number of rotatable bonds is 11. The minimum Gasteiger partial charge on any atom is -0.352 e. The second-order valence-electron chi connectivity index (χ2n) is 11.3. The molecule has 4 rings (SSSR count). The Labute approximate surface area is 258 Å². The summed E-state index contributed by atoms with van der Waals surface area (Å²) in [7, 11) is -3.81. The Hall–Kier alpha value is -3.17. The van der Waals surface area contributed by atoms with Gasteiger partial charge in [0.15, 0.2) is 0 Å². The zero-order valence-corrected chi connectivity index (χ0v) is 27.0. The van der Waals surface area contributed by atoms with Gasteiger partial charge in [-0.3, -0.25) is 13.9 Å². The van der Waals surface area contributed by atoms with Crippen molar-refractivity contribution in [1.82, 2.24) is 10.2 Å². The van der Waals surface area contributed by atoms with Crippen LogP contribution in [-0.2, 0) is 32.6 Å². The third kappa shape index (κ3) is 8.91. The fraction of sp³-hybridized carbons (Fsp3) is 0.394. The molecule has 3 aromatic rings. The normalized spacial score (nSPS) is 14.7. The Morgan fingerprint density at radius 2 is 1.52 bits per heavy atom. The average Bonchev–Trinajstić information content (AvgIpc) is 2.94. The summed E-state index contributed by atoms with van der Waals surface area (Å²) < 4.78 is 28.1. The highest BCUT2D eigenvalue weighted by molar-refractivity contribution is 9.10. The number of carbonyl (C=O) groups excluding carboxylic acids is 2. The number of aryl methyl sites for hydroxylation is 2. The van der Waals surface area contributed by atoms with Crippen molar-refractivity contribution in [2.75, 3.05) is 17.1 Å². The molecule has 0 radical (unpaired) electrons. The van der Waals surface area contributed by atoms with Gasteiger partial charge in [0.1, 0.15) is 12.6 Å². The van der Waals surface area contributed by atoms with Gasteiger partial charge in [-0.2, -0.15) is 0 Å². The molecular formula is C33H40BrN3O4S. The summed E-state index contributed by atoms with van der Waals surface area (Å²) in [5, 5.41) is 3.23. The lowest BCUT2D eigenvalue weighted by Gasteiger charge is -2.35. The lowest BCUT2D eigenvalue weighted by molar-refractivity contribution is -0.140. The predicted octanol–water partition coefficient (Wildman–Crippen LogP) is 5.92. The van der Waals surface area contributed by atoms with Crippen LogP contribution in [0.5, 0.6) is 0 Å². The van der Waals surface area contributed by atoms with Gasteiger partial charge in [-0.15, -0.1) is 0 Å². The summed E-state index contributed by atoms with van der Waals surface area (Å²) in [5.74, 6) is -0.657. The number of nitrogens with zero attached hydrogens (tertiary/aromatic N) is 2.